The van der Waals surface area contributed by atoms with Gasteiger partial charge in [0, 0.05) is 41.4 Å². The highest BCUT2D eigenvalue weighted by Gasteiger charge is 2.74. The average Bonchev–Trinajstić information content (AvgIpc) is 4.08. The molecule has 10 rings (SSSR count). The maximum atomic E-state index is 12.4. The third-order valence-corrected chi connectivity index (χ3v) is 17.4. The first-order valence-electron chi connectivity index (χ1n) is 24.2. The summed E-state index contributed by atoms with van der Waals surface area (Å²) in [6, 6.07) is 16.6. The molecule has 0 bridgehead atoms. The Hall–Kier alpha value is -5.25. The van der Waals surface area contributed by atoms with Gasteiger partial charge in [-0.2, -0.15) is 0 Å². The molecule has 5 aliphatic carbocycles. The number of aliphatic hydroxyl groups excluding tert-OH is 1. The Balaban J connectivity index is 0.982. The minimum atomic E-state index is -0.491. The summed E-state index contributed by atoms with van der Waals surface area (Å²) in [5.74, 6) is 0.100. The van der Waals surface area contributed by atoms with E-state index in [-0.39, 0.29) is 62.3 Å². The number of nitrogens with one attached hydrogen (secondary N) is 2. The molecule has 8 N–H and O–H groups in total. The number of aromatic amines is 1. The average molecular weight is 864 g/mol. The molecule has 1 aromatic heterocycles. The molecule has 1 heterocycles. The summed E-state index contributed by atoms with van der Waals surface area (Å²) in [6.45, 7) is 2.98. The first kappa shape index (κ1) is 42.7. The Morgan fingerprint density at radius 1 is 0.781 bits per heavy atom. The van der Waals surface area contributed by atoms with Gasteiger partial charge in [-0.1, -0.05) is 93.3 Å². The largest absolute Gasteiger partial charge is 0.507 e. The molecule has 4 saturated carbocycles. The quantitative estimate of drug-likeness (QED) is 0.0251. The van der Waals surface area contributed by atoms with Gasteiger partial charge in [0.1, 0.15) is 5.75 Å². The number of phenols is 5. The van der Waals surface area contributed by atoms with Crippen molar-refractivity contribution in [2.75, 3.05) is 0 Å². The van der Waals surface area contributed by atoms with Gasteiger partial charge in [-0.15, -0.1) is 0 Å². The van der Waals surface area contributed by atoms with Crippen LogP contribution in [0.4, 0.5) is 0 Å². The van der Waals surface area contributed by atoms with Crippen molar-refractivity contribution in [2.45, 2.75) is 134 Å². The molecule has 5 aliphatic rings. The van der Waals surface area contributed by atoms with E-state index in [1.165, 1.54) is 92.8 Å². The van der Waals surface area contributed by atoms with E-state index in [1.54, 1.807) is 18.2 Å². The van der Waals surface area contributed by atoms with E-state index in [9.17, 15) is 30.6 Å². The van der Waals surface area contributed by atoms with Crippen molar-refractivity contribution >= 4 is 22.9 Å². The Morgan fingerprint density at radius 3 is 2.48 bits per heavy atom. The lowest BCUT2D eigenvalue weighted by Gasteiger charge is -2.70. The SMILES string of the molecule is CCCCCc1cc(CCc2c(O)c(O)c3c(O)cccc3c2/C=C/c2ccc(O)c(O)c2)ccc1CN[C@H]1CC[C@@H]2CCC[C@@]23CC[C@]24CCC[C@@H]2C=C[C@@H](O)[C@@H]4[C@@]13c1cnc[nH]1. The van der Waals surface area contributed by atoms with Gasteiger partial charge < -0.3 is 40.9 Å². The molecule has 0 saturated heterocycles. The molecule has 0 unspecified atom stereocenters. The number of aryl methyl sites for hydroxylation is 2. The molecular weight excluding hydrogens is 799 g/mol. The molecule has 0 aliphatic heterocycles. The van der Waals surface area contributed by atoms with E-state index >= 15 is 0 Å². The number of aromatic nitrogens is 2. The molecule has 4 fully saturated rings. The van der Waals surface area contributed by atoms with E-state index < -0.39 is 6.10 Å². The summed E-state index contributed by atoms with van der Waals surface area (Å²) in [7, 11) is 0. The fraction of sp³-hybridized carbons (Fsp3) is 0.473. The van der Waals surface area contributed by atoms with Crippen molar-refractivity contribution in [3.8, 4) is 28.7 Å². The molecule has 9 nitrogen and oxygen atoms in total. The maximum Gasteiger partial charge on any atom is 0.169 e. The van der Waals surface area contributed by atoms with Crippen molar-refractivity contribution in [1.82, 2.24) is 15.3 Å². The second kappa shape index (κ2) is 17.0. The lowest BCUT2D eigenvalue weighted by molar-refractivity contribution is -0.181. The Kier molecular flexibility index (Phi) is 11.3. The number of hydrogen-bond donors (Lipinski definition) is 8. The third kappa shape index (κ3) is 6.74. The summed E-state index contributed by atoms with van der Waals surface area (Å²) in [6.07, 6.45) is 29.2. The zero-order valence-electron chi connectivity index (χ0n) is 37.2. The molecule has 64 heavy (non-hydrogen) atoms. The summed E-state index contributed by atoms with van der Waals surface area (Å²) in [5, 5.41) is 71.1. The lowest BCUT2D eigenvalue weighted by atomic mass is 9.34. The number of allylic oxidation sites excluding steroid dienone is 1. The number of aliphatic hydroxyl groups is 1. The highest BCUT2D eigenvalue weighted by atomic mass is 16.3. The monoisotopic (exact) mass is 863 g/mol. The van der Waals surface area contributed by atoms with Gasteiger partial charge in [0.15, 0.2) is 23.0 Å². The molecule has 9 heteroatoms. The van der Waals surface area contributed by atoms with Gasteiger partial charge in [0.2, 0.25) is 0 Å². The van der Waals surface area contributed by atoms with Gasteiger partial charge >= 0.3 is 0 Å². The predicted molar refractivity (Wildman–Crippen MR) is 252 cm³/mol. The molecular formula is C55H65N3O6. The van der Waals surface area contributed by atoms with Crippen LogP contribution >= 0.6 is 0 Å². The van der Waals surface area contributed by atoms with Gasteiger partial charge in [-0.05, 0) is 151 Å². The van der Waals surface area contributed by atoms with Crippen LogP contribution in [0.5, 0.6) is 28.7 Å². The minimum Gasteiger partial charge on any atom is -0.507 e. The van der Waals surface area contributed by atoms with Crippen molar-refractivity contribution in [3.63, 3.8) is 0 Å². The molecule has 4 aromatic carbocycles. The minimum absolute atomic E-state index is 0.0999. The zero-order chi connectivity index (χ0) is 44.2. The van der Waals surface area contributed by atoms with Gasteiger partial charge in [-0.3, -0.25) is 0 Å². The van der Waals surface area contributed by atoms with Gasteiger partial charge in [-0.25, -0.2) is 4.98 Å². The molecule has 0 radical (unpaired) electrons. The second-order valence-corrected chi connectivity index (χ2v) is 20.1. The Labute approximate surface area is 377 Å². The van der Waals surface area contributed by atoms with Crippen LogP contribution in [0.25, 0.3) is 22.9 Å². The molecule has 0 amide bonds. The first-order chi connectivity index (χ1) is 31.1. The van der Waals surface area contributed by atoms with Crippen molar-refractivity contribution in [1.29, 1.82) is 0 Å². The predicted octanol–water partition coefficient (Wildman–Crippen LogP) is 10.9. The number of aromatic hydroxyl groups is 5. The molecule has 8 atom stereocenters. The number of nitrogens with zero attached hydrogens (tertiary/aromatic N) is 1. The van der Waals surface area contributed by atoms with E-state index in [4.69, 9.17) is 4.98 Å². The number of benzene rings is 4. The van der Waals surface area contributed by atoms with E-state index in [2.05, 4.69) is 53.8 Å². The maximum absolute atomic E-state index is 12.4. The van der Waals surface area contributed by atoms with E-state index in [1.807, 2.05) is 18.5 Å². The summed E-state index contributed by atoms with van der Waals surface area (Å²) >= 11 is 0. The van der Waals surface area contributed by atoms with Crippen LogP contribution in [-0.4, -0.2) is 52.8 Å². The summed E-state index contributed by atoms with van der Waals surface area (Å²) < 4.78 is 0. The van der Waals surface area contributed by atoms with Crippen molar-refractivity contribution < 1.29 is 30.6 Å². The van der Waals surface area contributed by atoms with Crippen molar-refractivity contribution in [2.24, 2.45) is 28.6 Å². The first-order valence-corrected chi connectivity index (χ1v) is 24.2. The smallest absolute Gasteiger partial charge is 0.169 e. The fourth-order valence-electron chi connectivity index (χ4n) is 14.8. The Morgan fingerprint density at radius 2 is 1.66 bits per heavy atom. The molecule has 2 spiro atoms. The lowest BCUT2D eigenvalue weighted by Crippen LogP contribution is -2.73. The fourth-order valence-corrected chi connectivity index (χ4v) is 14.8. The number of fused-ring (bicyclic) bond motifs is 2. The van der Waals surface area contributed by atoms with Crippen molar-refractivity contribution in [3.05, 3.63) is 118 Å². The van der Waals surface area contributed by atoms with Crippen LogP contribution in [0, 0.1) is 28.6 Å². The number of unbranched alkanes of at least 4 members (excludes halogenated alkanes) is 2. The highest BCUT2D eigenvalue weighted by molar-refractivity contribution is 6.03. The van der Waals surface area contributed by atoms with Gasteiger partial charge in [0.05, 0.1) is 17.8 Å². The standard InChI is InChI=1S/C55H65N3O6/c1-2-3-4-8-36-29-34(15-21-42-40(20-14-35-16-22-43(59)46(62)30-35)41-11-5-12-44(60)49(41)51(64)50(42)63)13-17-37(36)31-57-47-24-19-39-10-7-26-54(39)28-27-53-25-6-9-38(53)18-23-45(61)52(53)55(47,54)48-32-56-33-58-48/h5,11-14,16-18,20,22-23,29-30,32-33,38-39,45,47,52,57,59-64H,2-4,6-10,15,19,21,24-28,31H2,1H3,(H,56,58)/b20-14+/t38-,39+,45-,47+,52+,53-,54-,55+/m1/s1. The van der Waals surface area contributed by atoms with Crippen LogP contribution in [0.2, 0.25) is 0 Å². The summed E-state index contributed by atoms with van der Waals surface area (Å²) in [5.41, 5.74) is 6.80. The van der Waals surface area contributed by atoms with E-state index in [0.29, 0.717) is 46.8 Å². The van der Waals surface area contributed by atoms with Crippen LogP contribution in [0.3, 0.4) is 0 Å². The van der Waals surface area contributed by atoms with Crippen LogP contribution in [-0.2, 0) is 31.2 Å². The molecule has 5 aromatic rings. The summed E-state index contributed by atoms with van der Waals surface area (Å²) in [4.78, 5) is 8.45. The Bertz CT molecular complexity index is 2580. The number of imidazole rings is 1. The normalized spacial score (nSPS) is 29.5. The highest BCUT2D eigenvalue weighted by Crippen LogP contribution is 2.76. The number of rotatable bonds is 13. The van der Waals surface area contributed by atoms with E-state index in [0.717, 1.165) is 44.2 Å². The number of H-pyrrole nitrogens is 1. The van der Waals surface area contributed by atoms with Crippen LogP contribution in [0.15, 0.2) is 79.3 Å². The topological polar surface area (TPSA) is 162 Å². The molecule has 336 valence electrons. The number of hydrogen-bond acceptors (Lipinski definition) is 8. The van der Waals surface area contributed by atoms with Gasteiger partial charge in [0.25, 0.3) is 0 Å². The number of phenolic OH excluding ortho intramolecular Hbond substituents is 5. The van der Waals surface area contributed by atoms with Crippen LogP contribution in [0.1, 0.15) is 129 Å². The van der Waals surface area contributed by atoms with Crippen LogP contribution < -0.4 is 5.32 Å². The second-order valence-electron chi connectivity index (χ2n) is 20.1. The third-order valence-electron chi connectivity index (χ3n) is 17.4. The zero-order valence-corrected chi connectivity index (χ0v) is 37.2.